The number of ether oxygens (including phenoxy) is 1. The maximum absolute atomic E-state index is 5.95. The van der Waals surface area contributed by atoms with E-state index >= 15 is 0 Å². The fraction of sp³-hybridized carbons (Fsp3) is 0.533. The summed E-state index contributed by atoms with van der Waals surface area (Å²) in [5.74, 6) is 0. The standard InChI is InChI=1S/C15H22N2OSe/c1-4-8-14-13(16-15(18-14)17(2)3)11-19-12-9-6-5-7-10-12/h5-7,9-10,13-14H,4,8,11H2,1-3H3. The van der Waals surface area contributed by atoms with Gasteiger partial charge in [0.1, 0.15) is 0 Å². The van der Waals surface area contributed by atoms with Gasteiger partial charge >= 0.3 is 122 Å². The van der Waals surface area contributed by atoms with Crippen LogP contribution in [0.25, 0.3) is 0 Å². The minimum atomic E-state index is 0.271. The van der Waals surface area contributed by atoms with E-state index in [1.807, 2.05) is 19.0 Å². The molecular formula is C15H22N2OSe. The molecule has 0 N–H and O–H groups in total. The molecule has 19 heavy (non-hydrogen) atoms. The summed E-state index contributed by atoms with van der Waals surface area (Å²) in [7, 11) is 3.99. The second-order valence-electron chi connectivity index (χ2n) is 4.94. The van der Waals surface area contributed by atoms with E-state index in [1.165, 1.54) is 4.46 Å². The third-order valence-corrected chi connectivity index (χ3v) is 5.42. The third kappa shape index (κ3) is 3.99. The third-order valence-electron chi connectivity index (χ3n) is 3.08. The predicted molar refractivity (Wildman–Crippen MR) is 81.3 cm³/mol. The van der Waals surface area contributed by atoms with Crippen molar-refractivity contribution < 1.29 is 4.74 Å². The molecule has 1 aliphatic rings. The molecule has 4 heteroatoms. The summed E-state index contributed by atoms with van der Waals surface area (Å²) in [6, 6.07) is 11.8. The van der Waals surface area contributed by atoms with Gasteiger partial charge in [-0.15, -0.1) is 0 Å². The Hall–Kier alpha value is -0.991. The maximum atomic E-state index is 5.95. The Morgan fingerprint density at radius 2 is 2.00 bits per heavy atom. The summed E-state index contributed by atoms with van der Waals surface area (Å²) < 4.78 is 7.39. The fourth-order valence-electron chi connectivity index (χ4n) is 2.07. The average Bonchev–Trinajstić information content (AvgIpc) is 2.82. The van der Waals surface area contributed by atoms with Crippen molar-refractivity contribution in [1.29, 1.82) is 0 Å². The van der Waals surface area contributed by atoms with Crippen molar-refractivity contribution in [2.24, 2.45) is 4.99 Å². The zero-order valence-electron chi connectivity index (χ0n) is 11.9. The molecule has 1 aromatic rings. The van der Waals surface area contributed by atoms with Crippen molar-refractivity contribution in [3.63, 3.8) is 0 Å². The number of benzene rings is 1. The number of amidine groups is 1. The molecule has 1 aromatic carbocycles. The first-order chi connectivity index (χ1) is 9.20. The molecule has 2 rings (SSSR count). The van der Waals surface area contributed by atoms with Gasteiger partial charge in [0.05, 0.1) is 0 Å². The molecule has 1 heterocycles. The van der Waals surface area contributed by atoms with Crippen LogP contribution in [0.3, 0.4) is 0 Å². The second-order valence-corrected chi connectivity index (χ2v) is 7.24. The number of hydrogen-bond acceptors (Lipinski definition) is 3. The molecule has 0 aliphatic carbocycles. The zero-order valence-corrected chi connectivity index (χ0v) is 13.6. The summed E-state index contributed by atoms with van der Waals surface area (Å²) >= 11 is 0.479. The summed E-state index contributed by atoms with van der Waals surface area (Å²) in [6.45, 7) is 2.20. The molecule has 0 radical (unpaired) electrons. The van der Waals surface area contributed by atoms with Gasteiger partial charge in [-0.2, -0.15) is 0 Å². The first kappa shape index (κ1) is 14.4. The van der Waals surface area contributed by atoms with Gasteiger partial charge in [0.25, 0.3) is 0 Å². The average molecular weight is 325 g/mol. The molecule has 0 saturated carbocycles. The van der Waals surface area contributed by atoms with Crippen LogP contribution in [0.5, 0.6) is 0 Å². The van der Waals surface area contributed by atoms with Crippen LogP contribution in [0.2, 0.25) is 5.32 Å². The van der Waals surface area contributed by atoms with E-state index in [4.69, 9.17) is 9.73 Å². The van der Waals surface area contributed by atoms with E-state index in [2.05, 4.69) is 37.3 Å². The van der Waals surface area contributed by atoms with Crippen LogP contribution in [0, 0.1) is 0 Å². The van der Waals surface area contributed by atoms with Crippen LogP contribution < -0.4 is 4.46 Å². The van der Waals surface area contributed by atoms with Gasteiger partial charge in [-0.25, -0.2) is 0 Å². The summed E-state index contributed by atoms with van der Waals surface area (Å²) in [5.41, 5.74) is 0. The first-order valence-electron chi connectivity index (χ1n) is 6.80. The van der Waals surface area contributed by atoms with Crippen molar-refractivity contribution >= 4 is 25.4 Å². The molecule has 0 spiro atoms. The number of nitrogens with zero attached hydrogens (tertiary/aromatic N) is 2. The van der Waals surface area contributed by atoms with Gasteiger partial charge in [-0.1, -0.05) is 0 Å². The second kappa shape index (κ2) is 6.97. The Kier molecular flexibility index (Phi) is 5.29. The van der Waals surface area contributed by atoms with Crippen LogP contribution in [-0.4, -0.2) is 52.1 Å². The van der Waals surface area contributed by atoms with E-state index in [0.29, 0.717) is 21.0 Å². The summed E-state index contributed by atoms with van der Waals surface area (Å²) in [4.78, 5) is 6.71. The molecule has 1 aliphatic heterocycles. The van der Waals surface area contributed by atoms with Crippen molar-refractivity contribution in [3.8, 4) is 0 Å². The monoisotopic (exact) mass is 326 g/mol. The minimum absolute atomic E-state index is 0.271. The van der Waals surface area contributed by atoms with Crippen molar-refractivity contribution in [3.05, 3.63) is 30.3 Å². The number of hydrogen-bond donors (Lipinski definition) is 0. The predicted octanol–water partition coefficient (Wildman–Crippen LogP) is 1.92. The Morgan fingerprint density at radius 1 is 1.26 bits per heavy atom. The van der Waals surface area contributed by atoms with Crippen molar-refractivity contribution in [1.82, 2.24) is 4.90 Å². The molecule has 0 aromatic heterocycles. The first-order valence-corrected chi connectivity index (χ1v) is 8.87. The van der Waals surface area contributed by atoms with Gasteiger partial charge in [0.2, 0.25) is 0 Å². The van der Waals surface area contributed by atoms with Crippen LogP contribution in [0.15, 0.2) is 35.3 Å². The Labute approximate surface area is 122 Å². The van der Waals surface area contributed by atoms with Gasteiger partial charge in [-0.05, 0) is 0 Å². The Balaban J connectivity index is 1.95. The molecule has 0 saturated heterocycles. The quantitative estimate of drug-likeness (QED) is 0.773. The molecular weight excluding hydrogens is 303 g/mol. The molecule has 0 amide bonds. The Bertz CT molecular complexity index is 419. The van der Waals surface area contributed by atoms with Crippen LogP contribution in [0.1, 0.15) is 19.8 Å². The van der Waals surface area contributed by atoms with E-state index in [1.54, 1.807) is 0 Å². The Morgan fingerprint density at radius 3 is 2.63 bits per heavy atom. The molecule has 2 atom stereocenters. The van der Waals surface area contributed by atoms with Crippen LogP contribution in [-0.2, 0) is 4.74 Å². The summed E-state index contributed by atoms with van der Waals surface area (Å²) in [5, 5.41) is 1.12. The van der Waals surface area contributed by atoms with E-state index in [-0.39, 0.29) is 6.10 Å². The van der Waals surface area contributed by atoms with E-state index in [0.717, 1.165) is 24.2 Å². The van der Waals surface area contributed by atoms with Gasteiger partial charge in [-0.3, -0.25) is 0 Å². The summed E-state index contributed by atoms with van der Waals surface area (Å²) in [6.07, 6.45) is 2.51. The molecule has 104 valence electrons. The molecule has 0 fully saturated rings. The molecule has 0 bridgehead atoms. The van der Waals surface area contributed by atoms with Crippen LogP contribution in [0.4, 0.5) is 0 Å². The number of aliphatic imine (C=N–C) groups is 1. The topological polar surface area (TPSA) is 24.8 Å². The van der Waals surface area contributed by atoms with E-state index < -0.39 is 0 Å². The SMILES string of the molecule is CCCC1OC(N(C)C)=NC1C[Se]c1ccccc1. The van der Waals surface area contributed by atoms with Crippen molar-refractivity contribution in [2.75, 3.05) is 14.1 Å². The van der Waals surface area contributed by atoms with Gasteiger partial charge in [0.15, 0.2) is 0 Å². The van der Waals surface area contributed by atoms with Crippen molar-refractivity contribution in [2.45, 2.75) is 37.2 Å². The van der Waals surface area contributed by atoms with E-state index in [9.17, 15) is 0 Å². The molecule has 3 nitrogen and oxygen atoms in total. The normalized spacial score (nSPS) is 21.9. The molecule has 2 unspecified atom stereocenters. The fourth-order valence-corrected chi connectivity index (χ4v) is 4.17. The van der Waals surface area contributed by atoms with Crippen LogP contribution >= 0.6 is 0 Å². The zero-order chi connectivity index (χ0) is 13.7. The van der Waals surface area contributed by atoms with Gasteiger partial charge < -0.3 is 0 Å². The number of rotatable bonds is 5. The van der Waals surface area contributed by atoms with Gasteiger partial charge in [0, 0.05) is 0 Å².